The highest BCUT2D eigenvalue weighted by Crippen LogP contribution is 2.37. The molecule has 4 unspecified atom stereocenters. The van der Waals surface area contributed by atoms with Crippen molar-refractivity contribution in [1.29, 1.82) is 0 Å². The fraction of sp³-hybridized carbons (Fsp3) is 0.643. The largest absolute Gasteiger partial charge is 0.376 e. The number of aromatic nitrogens is 1. The Labute approximate surface area is 127 Å². The summed E-state index contributed by atoms with van der Waals surface area (Å²) in [4.78, 5) is 12.4. The van der Waals surface area contributed by atoms with Crippen LogP contribution in [0.3, 0.4) is 0 Å². The number of nitrogens with zero attached hydrogens (tertiary/aromatic N) is 1. The van der Waals surface area contributed by atoms with Gasteiger partial charge in [-0.1, -0.05) is 6.92 Å². The van der Waals surface area contributed by atoms with Crippen LogP contribution in [0, 0.1) is 5.92 Å². The third-order valence-electron chi connectivity index (χ3n) is 4.30. The van der Waals surface area contributed by atoms with Crippen LogP contribution in [0.1, 0.15) is 30.3 Å². The summed E-state index contributed by atoms with van der Waals surface area (Å²) in [6, 6.07) is 1.81. The van der Waals surface area contributed by atoms with Crippen LogP contribution in [0.2, 0.25) is 0 Å². The monoisotopic (exact) mass is 341 g/mol. The first-order valence-corrected chi connectivity index (χ1v) is 7.95. The Balaban J connectivity index is 1.70. The molecule has 4 atom stereocenters. The van der Waals surface area contributed by atoms with Crippen LogP contribution >= 0.6 is 15.9 Å². The number of fused-ring (bicyclic) bond motifs is 1. The fourth-order valence-electron chi connectivity index (χ4n) is 3.24. The molecule has 2 aliphatic rings. The van der Waals surface area contributed by atoms with Gasteiger partial charge in [0.05, 0.1) is 12.1 Å². The molecule has 5 nitrogen and oxygen atoms in total. The normalized spacial score (nSPS) is 31.8. The van der Waals surface area contributed by atoms with Crippen molar-refractivity contribution in [2.75, 3.05) is 6.61 Å². The van der Waals surface area contributed by atoms with Gasteiger partial charge < -0.3 is 20.4 Å². The van der Waals surface area contributed by atoms with Gasteiger partial charge in [-0.05, 0) is 34.8 Å². The quantitative estimate of drug-likeness (QED) is 0.871. The van der Waals surface area contributed by atoms with Gasteiger partial charge in [-0.3, -0.25) is 4.79 Å². The minimum Gasteiger partial charge on any atom is -0.376 e. The summed E-state index contributed by atoms with van der Waals surface area (Å²) in [7, 11) is 0. The average molecular weight is 342 g/mol. The van der Waals surface area contributed by atoms with Crippen molar-refractivity contribution in [1.82, 2.24) is 9.88 Å². The summed E-state index contributed by atoms with van der Waals surface area (Å²) < 4.78 is 8.53. The maximum atomic E-state index is 12.4. The second-order valence-electron chi connectivity index (χ2n) is 5.60. The molecule has 0 radical (unpaired) electrons. The SMILES string of the molecule is CCCn1cc(Br)cc1C(=O)NC1C(N)C2CCOC21. The van der Waals surface area contributed by atoms with Crippen molar-refractivity contribution < 1.29 is 9.53 Å². The molecule has 1 aliphatic heterocycles. The number of ether oxygens (including phenoxy) is 1. The second kappa shape index (κ2) is 5.50. The number of aryl methyl sites for hydroxylation is 1. The van der Waals surface area contributed by atoms with E-state index in [0.29, 0.717) is 11.6 Å². The number of nitrogens with two attached hydrogens (primary N) is 1. The van der Waals surface area contributed by atoms with Crippen LogP contribution in [0.4, 0.5) is 0 Å². The maximum Gasteiger partial charge on any atom is 0.268 e. The van der Waals surface area contributed by atoms with Gasteiger partial charge in [-0.15, -0.1) is 0 Å². The first-order valence-electron chi connectivity index (χ1n) is 7.15. The number of nitrogens with one attached hydrogen (secondary N) is 1. The number of amides is 1. The molecule has 6 heteroatoms. The Morgan fingerprint density at radius 1 is 1.65 bits per heavy atom. The zero-order chi connectivity index (χ0) is 14.3. The van der Waals surface area contributed by atoms with Gasteiger partial charge in [0.25, 0.3) is 5.91 Å². The lowest BCUT2D eigenvalue weighted by Crippen LogP contribution is -2.69. The summed E-state index contributed by atoms with van der Waals surface area (Å²) in [5, 5.41) is 3.04. The molecule has 0 bridgehead atoms. The first kappa shape index (κ1) is 14.1. The Kier molecular flexibility index (Phi) is 3.88. The highest BCUT2D eigenvalue weighted by molar-refractivity contribution is 9.10. The van der Waals surface area contributed by atoms with E-state index in [2.05, 4.69) is 28.2 Å². The standard InChI is InChI=1S/C14H20BrN3O2/c1-2-4-18-7-8(15)6-10(18)14(19)17-12-11(16)9-3-5-20-13(9)12/h6-7,9,11-13H,2-5,16H2,1H3,(H,17,19). The molecular formula is C14H20BrN3O2. The van der Waals surface area contributed by atoms with Crippen molar-refractivity contribution >= 4 is 21.8 Å². The van der Waals surface area contributed by atoms with E-state index in [0.717, 1.165) is 30.5 Å². The molecule has 3 rings (SSSR count). The van der Waals surface area contributed by atoms with Gasteiger partial charge in [0.2, 0.25) is 0 Å². The predicted octanol–water partition coefficient (Wildman–Crippen LogP) is 1.51. The topological polar surface area (TPSA) is 69.3 Å². The van der Waals surface area contributed by atoms with Gasteiger partial charge in [0, 0.05) is 35.8 Å². The highest BCUT2D eigenvalue weighted by Gasteiger charge is 2.52. The Morgan fingerprint density at radius 2 is 2.45 bits per heavy atom. The van der Waals surface area contributed by atoms with Crippen LogP contribution in [-0.2, 0) is 11.3 Å². The summed E-state index contributed by atoms with van der Waals surface area (Å²) in [5.74, 6) is 0.341. The van der Waals surface area contributed by atoms with E-state index in [4.69, 9.17) is 10.5 Å². The van der Waals surface area contributed by atoms with Crippen molar-refractivity contribution in [2.45, 2.75) is 44.5 Å². The van der Waals surface area contributed by atoms with Crippen LogP contribution in [0.5, 0.6) is 0 Å². The molecule has 0 aromatic carbocycles. The number of carbonyl (C=O) groups is 1. The molecule has 2 fully saturated rings. The van der Waals surface area contributed by atoms with Crippen LogP contribution in [-0.4, -0.2) is 35.3 Å². The average Bonchev–Trinajstić information content (AvgIpc) is 3.00. The summed E-state index contributed by atoms with van der Waals surface area (Å²) >= 11 is 3.43. The van der Waals surface area contributed by atoms with E-state index < -0.39 is 0 Å². The Hall–Kier alpha value is -0.850. The third kappa shape index (κ3) is 2.29. The summed E-state index contributed by atoms with van der Waals surface area (Å²) in [6.45, 7) is 3.68. The summed E-state index contributed by atoms with van der Waals surface area (Å²) in [6.07, 6.45) is 4.04. The molecule has 1 saturated heterocycles. The van der Waals surface area contributed by atoms with Gasteiger partial charge in [-0.2, -0.15) is 0 Å². The van der Waals surface area contributed by atoms with E-state index in [1.54, 1.807) is 0 Å². The predicted molar refractivity (Wildman–Crippen MR) is 79.5 cm³/mol. The number of rotatable bonds is 4. The maximum absolute atomic E-state index is 12.4. The molecule has 1 aromatic rings. The molecular weight excluding hydrogens is 322 g/mol. The lowest BCUT2D eigenvalue weighted by atomic mass is 9.72. The van der Waals surface area contributed by atoms with Gasteiger partial charge >= 0.3 is 0 Å². The zero-order valence-corrected chi connectivity index (χ0v) is 13.1. The van der Waals surface area contributed by atoms with Gasteiger partial charge in [0.1, 0.15) is 5.69 Å². The number of hydrogen-bond donors (Lipinski definition) is 2. The Bertz CT molecular complexity index is 517. The smallest absolute Gasteiger partial charge is 0.268 e. The van der Waals surface area contributed by atoms with E-state index in [-0.39, 0.29) is 24.1 Å². The van der Waals surface area contributed by atoms with Crippen LogP contribution in [0.15, 0.2) is 16.7 Å². The molecule has 1 aromatic heterocycles. The van der Waals surface area contributed by atoms with E-state index in [1.807, 2.05) is 16.8 Å². The van der Waals surface area contributed by atoms with Gasteiger partial charge in [0.15, 0.2) is 0 Å². The molecule has 3 N–H and O–H groups in total. The van der Waals surface area contributed by atoms with Crippen LogP contribution in [0.25, 0.3) is 0 Å². The van der Waals surface area contributed by atoms with E-state index >= 15 is 0 Å². The minimum atomic E-state index is -0.0708. The number of halogens is 1. The van der Waals surface area contributed by atoms with Gasteiger partial charge in [-0.25, -0.2) is 0 Å². The lowest BCUT2D eigenvalue weighted by molar-refractivity contribution is -0.0162. The molecule has 1 saturated carbocycles. The number of carbonyl (C=O) groups excluding carboxylic acids is 1. The highest BCUT2D eigenvalue weighted by atomic mass is 79.9. The molecule has 110 valence electrons. The van der Waals surface area contributed by atoms with Crippen molar-refractivity contribution in [3.05, 3.63) is 22.4 Å². The fourth-order valence-corrected chi connectivity index (χ4v) is 3.71. The Morgan fingerprint density at radius 3 is 3.20 bits per heavy atom. The van der Waals surface area contributed by atoms with Crippen LogP contribution < -0.4 is 11.1 Å². The molecule has 2 heterocycles. The molecule has 0 spiro atoms. The summed E-state index contributed by atoms with van der Waals surface area (Å²) in [5.41, 5.74) is 6.80. The molecule has 20 heavy (non-hydrogen) atoms. The van der Waals surface area contributed by atoms with Crippen molar-refractivity contribution in [2.24, 2.45) is 11.7 Å². The third-order valence-corrected chi connectivity index (χ3v) is 4.74. The number of hydrogen-bond acceptors (Lipinski definition) is 3. The molecule has 1 amide bonds. The van der Waals surface area contributed by atoms with E-state index in [9.17, 15) is 4.79 Å². The zero-order valence-electron chi connectivity index (χ0n) is 11.5. The lowest BCUT2D eigenvalue weighted by Gasteiger charge is -2.45. The second-order valence-corrected chi connectivity index (χ2v) is 6.52. The minimum absolute atomic E-state index is 0.0180. The van der Waals surface area contributed by atoms with Crippen molar-refractivity contribution in [3.8, 4) is 0 Å². The first-order chi connectivity index (χ1) is 9.61. The van der Waals surface area contributed by atoms with E-state index in [1.165, 1.54) is 0 Å². The molecule has 1 aliphatic carbocycles. The van der Waals surface area contributed by atoms with Crippen molar-refractivity contribution in [3.63, 3.8) is 0 Å².